The number of carbonyl (C=O) groups excluding carboxylic acids is 2. The van der Waals surface area contributed by atoms with Gasteiger partial charge in [-0.2, -0.15) is 0 Å². The molecule has 1 aliphatic rings. The number of rotatable bonds is 7. The molecule has 1 fully saturated rings. The van der Waals surface area contributed by atoms with Crippen LogP contribution in [0, 0.1) is 19.8 Å². The number of primary amides is 1. The molecule has 2 heterocycles. The van der Waals surface area contributed by atoms with Crippen LogP contribution in [0.1, 0.15) is 36.3 Å². The van der Waals surface area contributed by atoms with E-state index < -0.39 is 5.91 Å². The third-order valence-electron chi connectivity index (χ3n) is 5.33. The lowest BCUT2D eigenvalue weighted by atomic mass is 9.90. The molecule has 8 heteroatoms. The Balaban J connectivity index is 1.62. The molecular formula is C21H26ClN3O4. The van der Waals surface area contributed by atoms with Gasteiger partial charge in [0.25, 0.3) is 0 Å². The van der Waals surface area contributed by atoms with Crippen LogP contribution in [0.2, 0.25) is 5.02 Å². The maximum absolute atomic E-state index is 12.8. The summed E-state index contributed by atoms with van der Waals surface area (Å²) in [5.74, 6) is 0.870. The molecule has 0 spiro atoms. The smallest absolute Gasteiger partial charge is 0.222 e. The van der Waals surface area contributed by atoms with E-state index in [1.807, 2.05) is 26.0 Å². The summed E-state index contributed by atoms with van der Waals surface area (Å²) in [5, 5.41) is 4.51. The van der Waals surface area contributed by atoms with Crippen LogP contribution in [0.15, 0.2) is 28.8 Å². The van der Waals surface area contributed by atoms with Crippen molar-refractivity contribution in [1.82, 2.24) is 10.1 Å². The highest BCUT2D eigenvalue weighted by atomic mass is 35.5. The van der Waals surface area contributed by atoms with Crippen LogP contribution in [0.25, 0.3) is 0 Å². The predicted molar refractivity (Wildman–Crippen MR) is 109 cm³/mol. The van der Waals surface area contributed by atoms with Gasteiger partial charge in [-0.3, -0.25) is 9.59 Å². The highest BCUT2D eigenvalue weighted by molar-refractivity contribution is 6.30. The van der Waals surface area contributed by atoms with Crippen molar-refractivity contribution in [3.8, 4) is 5.75 Å². The van der Waals surface area contributed by atoms with E-state index in [0.29, 0.717) is 43.1 Å². The summed E-state index contributed by atoms with van der Waals surface area (Å²) in [5.41, 5.74) is 7.24. The molecule has 0 aliphatic carbocycles. The third-order valence-corrected chi connectivity index (χ3v) is 5.57. The number of likely N-dealkylation sites (tertiary alicyclic amines) is 1. The number of ether oxygens (including phenoxy) is 1. The van der Waals surface area contributed by atoms with Crippen molar-refractivity contribution >= 4 is 23.4 Å². The van der Waals surface area contributed by atoms with Gasteiger partial charge in [-0.15, -0.1) is 0 Å². The quantitative estimate of drug-likeness (QED) is 0.743. The zero-order valence-corrected chi connectivity index (χ0v) is 17.4. The molecule has 1 aromatic heterocycles. The van der Waals surface area contributed by atoms with E-state index in [1.165, 1.54) is 0 Å². The fraction of sp³-hybridized carbons (Fsp3) is 0.476. The first-order valence-electron chi connectivity index (χ1n) is 9.73. The molecule has 2 amide bonds. The van der Waals surface area contributed by atoms with Crippen molar-refractivity contribution in [2.45, 2.75) is 45.6 Å². The molecule has 29 heavy (non-hydrogen) atoms. The standard InChI is InChI=1S/C21H26ClN3O4/c1-13-18(14(2)29-24-13)6-7-21(27)25-9-8-19(15(12-25)10-20(23)26)28-17-5-3-4-16(22)11-17/h3-5,11,15,19H,6-10,12H2,1-2H3,(H2,23,26)/t15-,19-/m0/s1. The number of benzene rings is 1. The molecule has 2 atom stereocenters. The van der Waals surface area contributed by atoms with Gasteiger partial charge in [0.1, 0.15) is 17.6 Å². The third kappa shape index (κ3) is 5.50. The second-order valence-corrected chi connectivity index (χ2v) is 7.91. The number of halogens is 1. The van der Waals surface area contributed by atoms with Crippen LogP contribution < -0.4 is 10.5 Å². The molecule has 2 aromatic rings. The highest BCUT2D eigenvalue weighted by Crippen LogP contribution is 2.27. The SMILES string of the molecule is Cc1noc(C)c1CCC(=O)N1CC[C@H](Oc2cccc(Cl)c2)[C@@H](CC(N)=O)C1. The Morgan fingerprint density at radius 2 is 2.17 bits per heavy atom. The first-order chi connectivity index (χ1) is 13.8. The van der Waals surface area contributed by atoms with Gasteiger partial charge in [-0.1, -0.05) is 22.8 Å². The van der Waals surface area contributed by atoms with Gasteiger partial charge < -0.3 is 19.9 Å². The Labute approximate surface area is 175 Å². The van der Waals surface area contributed by atoms with Gasteiger partial charge in [0.05, 0.1) is 5.69 Å². The first-order valence-corrected chi connectivity index (χ1v) is 10.1. The van der Waals surface area contributed by atoms with Gasteiger partial charge in [-0.05, 0) is 38.5 Å². The van der Waals surface area contributed by atoms with Crippen molar-refractivity contribution in [1.29, 1.82) is 0 Å². The van der Waals surface area contributed by atoms with Crippen LogP contribution >= 0.6 is 11.6 Å². The van der Waals surface area contributed by atoms with E-state index in [2.05, 4.69) is 5.16 Å². The number of hydrogen-bond donors (Lipinski definition) is 1. The molecule has 0 saturated carbocycles. The van der Waals surface area contributed by atoms with Crippen molar-refractivity contribution in [3.05, 3.63) is 46.3 Å². The summed E-state index contributed by atoms with van der Waals surface area (Å²) < 4.78 is 11.2. The fourth-order valence-electron chi connectivity index (χ4n) is 3.81. The summed E-state index contributed by atoms with van der Waals surface area (Å²) in [7, 11) is 0. The largest absolute Gasteiger partial charge is 0.490 e. The van der Waals surface area contributed by atoms with Crippen LogP contribution in [0.5, 0.6) is 5.75 Å². The van der Waals surface area contributed by atoms with Crippen molar-refractivity contribution in [2.24, 2.45) is 11.7 Å². The number of aryl methyl sites for hydroxylation is 2. The molecule has 156 valence electrons. The molecule has 1 aromatic carbocycles. The lowest BCUT2D eigenvalue weighted by Gasteiger charge is -2.38. The average molecular weight is 420 g/mol. The van der Waals surface area contributed by atoms with E-state index in [4.69, 9.17) is 26.6 Å². The molecule has 7 nitrogen and oxygen atoms in total. The first kappa shape index (κ1) is 21.2. The molecule has 0 bridgehead atoms. The molecule has 0 radical (unpaired) electrons. The molecule has 2 N–H and O–H groups in total. The summed E-state index contributed by atoms with van der Waals surface area (Å²) >= 11 is 6.03. The molecule has 1 saturated heterocycles. The Bertz CT molecular complexity index is 863. The number of amides is 2. The number of aromatic nitrogens is 1. The van der Waals surface area contributed by atoms with Crippen LogP contribution in [-0.4, -0.2) is 41.1 Å². The van der Waals surface area contributed by atoms with Crippen LogP contribution in [-0.2, 0) is 16.0 Å². The Morgan fingerprint density at radius 3 is 2.83 bits per heavy atom. The predicted octanol–water partition coefficient (Wildman–Crippen LogP) is 3.05. The van der Waals surface area contributed by atoms with Crippen LogP contribution in [0.3, 0.4) is 0 Å². The Hall–Kier alpha value is -2.54. The molecular weight excluding hydrogens is 394 g/mol. The normalized spacial score (nSPS) is 19.2. The minimum atomic E-state index is -0.403. The van der Waals surface area contributed by atoms with Crippen LogP contribution in [0.4, 0.5) is 0 Å². The minimum Gasteiger partial charge on any atom is -0.490 e. The van der Waals surface area contributed by atoms with E-state index >= 15 is 0 Å². The van der Waals surface area contributed by atoms with Gasteiger partial charge in [0, 0.05) is 48.9 Å². The summed E-state index contributed by atoms with van der Waals surface area (Å²) in [6, 6.07) is 7.15. The summed E-state index contributed by atoms with van der Waals surface area (Å²) in [6.07, 6.45) is 1.54. The van der Waals surface area contributed by atoms with Crippen molar-refractivity contribution in [3.63, 3.8) is 0 Å². The number of piperidine rings is 1. The lowest BCUT2D eigenvalue weighted by molar-refractivity contribution is -0.136. The topological polar surface area (TPSA) is 98.7 Å². The number of carbonyl (C=O) groups is 2. The number of hydrogen-bond acceptors (Lipinski definition) is 5. The van der Waals surface area contributed by atoms with Gasteiger partial charge in [0.2, 0.25) is 11.8 Å². The zero-order chi connectivity index (χ0) is 21.0. The average Bonchev–Trinajstić information content (AvgIpc) is 2.98. The Morgan fingerprint density at radius 1 is 1.38 bits per heavy atom. The maximum atomic E-state index is 12.8. The van der Waals surface area contributed by atoms with Gasteiger partial charge in [-0.25, -0.2) is 0 Å². The van der Waals surface area contributed by atoms with Crippen molar-refractivity contribution in [2.75, 3.05) is 13.1 Å². The fourth-order valence-corrected chi connectivity index (χ4v) is 3.99. The highest BCUT2D eigenvalue weighted by Gasteiger charge is 2.34. The minimum absolute atomic E-state index is 0.0423. The number of nitrogens with zero attached hydrogens (tertiary/aromatic N) is 2. The lowest BCUT2D eigenvalue weighted by Crippen LogP contribution is -2.49. The van der Waals surface area contributed by atoms with Gasteiger partial charge >= 0.3 is 0 Å². The summed E-state index contributed by atoms with van der Waals surface area (Å²) in [6.45, 7) is 4.73. The van der Waals surface area contributed by atoms with E-state index in [9.17, 15) is 9.59 Å². The second kappa shape index (κ2) is 9.31. The zero-order valence-electron chi connectivity index (χ0n) is 16.7. The molecule has 0 unspecified atom stereocenters. The number of nitrogens with two attached hydrogens (primary N) is 1. The van der Waals surface area contributed by atoms with E-state index in [-0.39, 0.29) is 24.3 Å². The second-order valence-electron chi connectivity index (χ2n) is 7.48. The molecule has 3 rings (SSSR count). The maximum Gasteiger partial charge on any atom is 0.222 e. The Kier molecular flexibility index (Phi) is 6.79. The summed E-state index contributed by atoms with van der Waals surface area (Å²) in [4.78, 5) is 26.1. The molecule has 1 aliphatic heterocycles. The monoisotopic (exact) mass is 419 g/mol. The van der Waals surface area contributed by atoms with E-state index in [0.717, 1.165) is 17.0 Å². The van der Waals surface area contributed by atoms with Gasteiger partial charge in [0.15, 0.2) is 0 Å². The van der Waals surface area contributed by atoms with E-state index in [1.54, 1.807) is 17.0 Å². The van der Waals surface area contributed by atoms with Crippen molar-refractivity contribution < 1.29 is 18.8 Å².